The summed E-state index contributed by atoms with van der Waals surface area (Å²) in [4.78, 5) is 2.55. The molecule has 3 rings (SSSR count). The first-order chi connectivity index (χ1) is 9.33. The summed E-state index contributed by atoms with van der Waals surface area (Å²) in [6.45, 7) is 4.34. The summed E-state index contributed by atoms with van der Waals surface area (Å²) >= 11 is 0. The molecular weight excluding hydrogens is 236 g/mol. The Morgan fingerprint density at radius 1 is 1.11 bits per heavy atom. The van der Waals surface area contributed by atoms with Crippen LogP contribution in [-0.2, 0) is 17.7 Å². The molecule has 0 amide bonds. The summed E-state index contributed by atoms with van der Waals surface area (Å²) in [6, 6.07) is 9.09. The minimum absolute atomic E-state index is 0.494. The molecule has 0 spiro atoms. The maximum atomic E-state index is 5.88. The van der Waals surface area contributed by atoms with Gasteiger partial charge in [0.05, 0.1) is 12.2 Å². The Balaban J connectivity index is 1.54. The lowest BCUT2D eigenvalue weighted by Gasteiger charge is -2.32. The first kappa shape index (κ1) is 13.1. The second kappa shape index (κ2) is 6.04. The first-order valence-corrected chi connectivity index (χ1v) is 7.44. The number of ether oxygens (including phenoxy) is 1. The Morgan fingerprint density at radius 2 is 1.74 bits per heavy atom. The molecule has 0 aliphatic carbocycles. The van der Waals surface area contributed by atoms with Crippen molar-refractivity contribution in [2.75, 3.05) is 26.7 Å². The van der Waals surface area contributed by atoms with Crippen molar-refractivity contribution < 1.29 is 4.74 Å². The summed E-state index contributed by atoms with van der Waals surface area (Å²) in [5.41, 5.74) is 2.84. The number of hydrogen-bond donors (Lipinski definition) is 1. The van der Waals surface area contributed by atoms with Gasteiger partial charge in [0.15, 0.2) is 0 Å². The van der Waals surface area contributed by atoms with E-state index in [1.165, 1.54) is 24.0 Å². The highest BCUT2D eigenvalue weighted by atomic mass is 16.5. The highest BCUT2D eigenvalue weighted by Gasteiger charge is 2.33. The highest BCUT2D eigenvalue weighted by Crippen LogP contribution is 2.27. The van der Waals surface area contributed by atoms with E-state index in [4.69, 9.17) is 4.74 Å². The largest absolute Gasteiger partial charge is 0.372 e. The summed E-state index contributed by atoms with van der Waals surface area (Å²) in [5.74, 6) is 0. The minimum atomic E-state index is 0.494. The average molecular weight is 260 g/mol. The predicted octanol–water partition coefficient (Wildman–Crippen LogP) is 1.81. The molecule has 2 saturated heterocycles. The molecule has 0 saturated carbocycles. The van der Waals surface area contributed by atoms with E-state index in [0.29, 0.717) is 12.2 Å². The van der Waals surface area contributed by atoms with Crippen molar-refractivity contribution >= 4 is 0 Å². The van der Waals surface area contributed by atoms with E-state index in [0.717, 1.165) is 32.6 Å². The Labute approximate surface area is 115 Å². The Hall–Kier alpha value is -0.900. The van der Waals surface area contributed by atoms with Crippen molar-refractivity contribution in [2.24, 2.45) is 0 Å². The van der Waals surface area contributed by atoms with E-state index in [9.17, 15) is 0 Å². The SMILES string of the molecule is CNCCc1ccc(CN2CC3CCC(C2)O3)cc1. The van der Waals surface area contributed by atoms with Crippen LogP contribution in [0.4, 0.5) is 0 Å². The summed E-state index contributed by atoms with van der Waals surface area (Å²) in [5, 5.41) is 3.19. The van der Waals surface area contributed by atoms with Crippen LogP contribution in [0.15, 0.2) is 24.3 Å². The molecule has 104 valence electrons. The van der Waals surface area contributed by atoms with Gasteiger partial charge in [-0.1, -0.05) is 24.3 Å². The molecule has 1 aromatic rings. The van der Waals surface area contributed by atoms with Crippen LogP contribution < -0.4 is 5.32 Å². The number of fused-ring (bicyclic) bond motifs is 2. The van der Waals surface area contributed by atoms with Gasteiger partial charge in [0, 0.05) is 19.6 Å². The summed E-state index contributed by atoms with van der Waals surface area (Å²) < 4.78 is 5.88. The van der Waals surface area contributed by atoms with Crippen molar-refractivity contribution in [3.05, 3.63) is 35.4 Å². The fourth-order valence-electron chi connectivity index (χ4n) is 3.17. The van der Waals surface area contributed by atoms with E-state index >= 15 is 0 Å². The van der Waals surface area contributed by atoms with Crippen molar-refractivity contribution in [1.82, 2.24) is 10.2 Å². The monoisotopic (exact) mass is 260 g/mol. The molecule has 2 unspecified atom stereocenters. The van der Waals surface area contributed by atoms with Crippen LogP contribution >= 0.6 is 0 Å². The van der Waals surface area contributed by atoms with Crippen LogP contribution in [0.25, 0.3) is 0 Å². The number of nitrogens with zero attached hydrogens (tertiary/aromatic N) is 1. The quantitative estimate of drug-likeness (QED) is 0.874. The molecule has 1 aromatic carbocycles. The fourth-order valence-corrected chi connectivity index (χ4v) is 3.17. The lowest BCUT2D eigenvalue weighted by Crippen LogP contribution is -2.41. The summed E-state index contributed by atoms with van der Waals surface area (Å²) in [6.07, 6.45) is 4.61. The number of likely N-dealkylation sites (N-methyl/N-ethyl adjacent to an activating group) is 1. The molecular formula is C16H24N2O. The van der Waals surface area contributed by atoms with Gasteiger partial charge in [0.2, 0.25) is 0 Å². The van der Waals surface area contributed by atoms with Gasteiger partial charge >= 0.3 is 0 Å². The van der Waals surface area contributed by atoms with Crippen molar-refractivity contribution in [2.45, 2.75) is 38.0 Å². The fraction of sp³-hybridized carbons (Fsp3) is 0.625. The number of nitrogens with one attached hydrogen (secondary N) is 1. The molecule has 0 radical (unpaired) electrons. The van der Waals surface area contributed by atoms with Gasteiger partial charge in [0.25, 0.3) is 0 Å². The lowest BCUT2D eigenvalue weighted by molar-refractivity contribution is -0.0410. The molecule has 2 aliphatic heterocycles. The number of benzene rings is 1. The van der Waals surface area contributed by atoms with Gasteiger partial charge in [-0.2, -0.15) is 0 Å². The maximum absolute atomic E-state index is 5.88. The molecule has 2 aliphatic rings. The van der Waals surface area contributed by atoms with Crippen LogP contribution in [-0.4, -0.2) is 43.8 Å². The lowest BCUT2D eigenvalue weighted by atomic mass is 10.1. The van der Waals surface area contributed by atoms with Gasteiger partial charge in [-0.3, -0.25) is 4.90 Å². The molecule has 0 aromatic heterocycles. The number of likely N-dealkylation sites (tertiary alicyclic amines) is 1. The molecule has 1 N–H and O–H groups in total. The van der Waals surface area contributed by atoms with Crippen molar-refractivity contribution in [1.29, 1.82) is 0 Å². The van der Waals surface area contributed by atoms with Gasteiger partial charge in [-0.25, -0.2) is 0 Å². The Bertz CT molecular complexity index is 392. The molecule has 2 heterocycles. The molecule has 3 heteroatoms. The summed E-state index contributed by atoms with van der Waals surface area (Å²) in [7, 11) is 2.00. The first-order valence-electron chi connectivity index (χ1n) is 7.44. The zero-order chi connectivity index (χ0) is 13.1. The van der Waals surface area contributed by atoms with E-state index in [1.54, 1.807) is 0 Å². The molecule has 19 heavy (non-hydrogen) atoms. The van der Waals surface area contributed by atoms with Gasteiger partial charge in [-0.15, -0.1) is 0 Å². The number of rotatable bonds is 5. The molecule has 2 bridgehead atoms. The van der Waals surface area contributed by atoms with Crippen LogP contribution in [0, 0.1) is 0 Å². The third kappa shape index (κ3) is 3.35. The minimum Gasteiger partial charge on any atom is -0.372 e. The predicted molar refractivity (Wildman–Crippen MR) is 77.2 cm³/mol. The topological polar surface area (TPSA) is 24.5 Å². The third-order valence-corrected chi connectivity index (χ3v) is 4.21. The number of hydrogen-bond acceptors (Lipinski definition) is 3. The Kier molecular flexibility index (Phi) is 4.16. The van der Waals surface area contributed by atoms with Crippen molar-refractivity contribution in [3.8, 4) is 0 Å². The van der Waals surface area contributed by atoms with Crippen molar-refractivity contribution in [3.63, 3.8) is 0 Å². The van der Waals surface area contributed by atoms with Crippen LogP contribution in [0.2, 0.25) is 0 Å². The standard InChI is InChI=1S/C16H24N2O/c1-17-9-8-13-2-4-14(5-3-13)10-18-11-15-6-7-16(12-18)19-15/h2-5,15-17H,6-12H2,1H3. The van der Waals surface area contributed by atoms with Crippen LogP contribution in [0.1, 0.15) is 24.0 Å². The van der Waals surface area contributed by atoms with E-state index < -0.39 is 0 Å². The normalized spacial score (nSPS) is 26.8. The van der Waals surface area contributed by atoms with E-state index in [2.05, 4.69) is 34.5 Å². The maximum Gasteiger partial charge on any atom is 0.0707 e. The smallest absolute Gasteiger partial charge is 0.0707 e. The Morgan fingerprint density at radius 3 is 2.37 bits per heavy atom. The third-order valence-electron chi connectivity index (χ3n) is 4.21. The van der Waals surface area contributed by atoms with E-state index in [1.807, 2.05) is 7.05 Å². The molecule has 3 nitrogen and oxygen atoms in total. The highest BCUT2D eigenvalue weighted by molar-refractivity contribution is 5.22. The van der Waals surface area contributed by atoms with E-state index in [-0.39, 0.29) is 0 Å². The second-order valence-electron chi connectivity index (χ2n) is 5.82. The van der Waals surface area contributed by atoms with Gasteiger partial charge in [0.1, 0.15) is 0 Å². The number of morpholine rings is 1. The molecule has 2 atom stereocenters. The molecule has 2 fully saturated rings. The van der Waals surface area contributed by atoms with Crippen LogP contribution in [0.5, 0.6) is 0 Å². The van der Waals surface area contributed by atoms with Gasteiger partial charge < -0.3 is 10.1 Å². The van der Waals surface area contributed by atoms with Gasteiger partial charge in [-0.05, 0) is 44.0 Å². The second-order valence-corrected chi connectivity index (χ2v) is 5.82. The van der Waals surface area contributed by atoms with Crippen LogP contribution in [0.3, 0.4) is 0 Å². The average Bonchev–Trinajstić information content (AvgIpc) is 2.77. The zero-order valence-corrected chi connectivity index (χ0v) is 11.8. The zero-order valence-electron chi connectivity index (χ0n) is 11.8.